The third-order valence-corrected chi connectivity index (χ3v) is 3.99. The van der Waals surface area contributed by atoms with Gasteiger partial charge in [0.15, 0.2) is 0 Å². The van der Waals surface area contributed by atoms with Crippen LogP contribution in [-0.4, -0.2) is 18.4 Å². The van der Waals surface area contributed by atoms with E-state index in [-0.39, 0.29) is 5.78 Å². The molecule has 26 heavy (non-hydrogen) atoms. The summed E-state index contributed by atoms with van der Waals surface area (Å²) in [5.74, 6) is 0.926. The third kappa shape index (κ3) is 6.03. The summed E-state index contributed by atoms with van der Waals surface area (Å²) in [6.45, 7) is 4.21. The average molecular weight is 354 g/mol. The van der Waals surface area contributed by atoms with E-state index >= 15 is 0 Å². The maximum absolute atomic E-state index is 12.0. The summed E-state index contributed by atoms with van der Waals surface area (Å²) < 4.78 is 10.9. The number of rotatable bonds is 10. The number of para-hydroxylation sites is 1. The lowest BCUT2D eigenvalue weighted by Gasteiger charge is -2.11. The number of unbranched alkanes of at least 4 members (excludes halogenated alkanes) is 2. The summed E-state index contributed by atoms with van der Waals surface area (Å²) in [4.78, 5) is 24.0. The molecule has 0 atom stereocenters. The van der Waals surface area contributed by atoms with Crippen LogP contribution in [0.4, 0.5) is 0 Å². The van der Waals surface area contributed by atoms with Crippen molar-refractivity contribution in [3.8, 4) is 11.5 Å². The molecule has 0 aliphatic heterocycles. The lowest BCUT2D eigenvalue weighted by Crippen LogP contribution is -2.06. The van der Waals surface area contributed by atoms with Crippen molar-refractivity contribution in [2.75, 3.05) is 6.61 Å². The normalized spacial score (nSPS) is 10.4. The van der Waals surface area contributed by atoms with Crippen molar-refractivity contribution in [3.05, 3.63) is 59.7 Å². The van der Waals surface area contributed by atoms with Crippen molar-refractivity contribution in [2.45, 2.75) is 46.0 Å². The maximum atomic E-state index is 12.0. The molecule has 4 heteroatoms. The summed E-state index contributed by atoms with van der Waals surface area (Å²) in [7, 11) is 0. The van der Waals surface area contributed by atoms with E-state index in [1.165, 1.54) is 0 Å². The molecule has 4 nitrogen and oxygen atoms in total. The Hall–Kier alpha value is -2.62. The van der Waals surface area contributed by atoms with Gasteiger partial charge >= 0.3 is 5.97 Å². The van der Waals surface area contributed by atoms with Crippen molar-refractivity contribution < 1.29 is 19.1 Å². The van der Waals surface area contributed by atoms with E-state index in [1.54, 1.807) is 31.2 Å². The molecule has 0 aliphatic carbocycles. The van der Waals surface area contributed by atoms with Crippen LogP contribution in [0.2, 0.25) is 0 Å². The van der Waals surface area contributed by atoms with Gasteiger partial charge in [-0.15, -0.1) is 0 Å². The van der Waals surface area contributed by atoms with Crippen LogP contribution < -0.4 is 4.74 Å². The van der Waals surface area contributed by atoms with E-state index in [0.717, 1.165) is 24.8 Å². The van der Waals surface area contributed by atoms with Gasteiger partial charge in [0.1, 0.15) is 22.8 Å². The number of Topliss-reactive ketones (excluding diaryl/α,β-unsaturated/α-hetero) is 1. The van der Waals surface area contributed by atoms with Gasteiger partial charge in [-0.05, 0) is 43.2 Å². The van der Waals surface area contributed by atoms with Gasteiger partial charge in [0.05, 0.1) is 6.61 Å². The summed E-state index contributed by atoms with van der Waals surface area (Å²) in [5, 5.41) is 0. The Morgan fingerprint density at radius 1 is 0.923 bits per heavy atom. The lowest BCUT2D eigenvalue weighted by molar-refractivity contribution is -0.118. The van der Waals surface area contributed by atoms with Gasteiger partial charge in [-0.1, -0.05) is 44.0 Å². The van der Waals surface area contributed by atoms with Gasteiger partial charge in [-0.25, -0.2) is 4.79 Å². The van der Waals surface area contributed by atoms with Gasteiger partial charge in [0.25, 0.3) is 0 Å². The van der Waals surface area contributed by atoms with Gasteiger partial charge in [0, 0.05) is 12.8 Å². The molecule has 0 heterocycles. The van der Waals surface area contributed by atoms with Crippen LogP contribution in [0.5, 0.6) is 11.5 Å². The molecular formula is C22H26O4. The molecule has 0 aliphatic rings. The van der Waals surface area contributed by atoms with Crippen LogP contribution in [0.25, 0.3) is 0 Å². The molecule has 0 saturated carbocycles. The first-order chi connectivity index (χ1) is 12.6. The number of hydrogen-bond acceptors (Lipinski definition) is 4. The first-order valence-corrected chi connectivity index (χ1v) is 9.18. The fraction of sp³-hybridized carbons (Fsp3) is 0.364. The summed E-state index contributed by atoms with van der Waals surface area (Å²) >= 11 is 0. The zero-order valence-electron chi connectivity index (χ0n) is 15.5. The molecule has 2 rings (SSSR count). The first kappa shape index (κ1) is 19.7. The smallest absolute Gasteiger partial charge is 0.341 e. The van der Waals surface area contributed by atoms with Gasteiger partial charge < -0.3 is 9.47 Å². The van der Waals surface area contributed by atoms with Gasteiger partial charge in [-0.2, -0.15) is 0 Å². The highest BCUT2D eigenvalue weighted by Gasteiger charge is 2.13. The summed E-state index contributed by atoms with van der Waals surface area (Å²) in [6, 6.07) is 14.4. The number of carbonyl (C=O) groups is 2. The molecule has 2 aromatic rings. The highest BCUT2D eigenvalue weighted by Crippen LogP contribution is 2.26. The fourth-order valence-electron chi connectivity index (χ4n) is 2.62. The molecule has 0 saturated heterocycles. The van der Waals surface area contributed by atoms with E-state index in [4.69, 9.17) is 9.47 Å². The first-order valence-electron chi connectivity index (χ1n) is 9.18. The topological polar surface area (TPSA) is 52.6 Å². The van der Waals surface area contributed by atoms with E-state index in [0.29, 0.717) is 36.5 Å². The van der Waals surface area contributed by atoms with Crippen LogP contribution in [0.3, 0.4) is 0 Å². The van der Waals surface area contributed by atoms with E-state index in [9.17, 15) is 9.59 Å². The standard InChI is InChI=1S/C22H26O4/c1-3-5-6-9-18(23)16-17-12-14-19(15-13-17)26-21-11-8-7-10-20(21)22(24)25-4-2/h7-8,10-15H,3-6,9,16H2,1-2H3. The quantitative estimate of drug-likeness (QED) is 0.426. The number of ketones is 1. The monoisotopic (exact) mass is 354 g/mol. The van der Waals surface area contributed by atoms with Crippen molar-refractivity contribution in [2.24, 2.45) is 0 Å². The van der Waals surface area contributed by atoms with Gasteiger partial charge in [-0.3, -0.25) is 4.79 Å². The van der Waals surface area contributed by atoms with Crippen LogP contribution in [0, 0.1) is 0 Å². The minimum absolute atomic E-state index is 0.264. The van der Waals surface area contributed by atoms with Gasteiger partial charge in [0.2, 0.25) is 0 Å². The van der Waals surface area contributed by atoms with Crippen molar-refractivity contribution in [3.63, 3.8) is 0 Å². The molecule has 0 spiro atoms. The van der Waals surface area contributed by atoms with Crippen LogP contribution >= 0.6 is 0 Å². The average Bonchev–Trinajstić information content (AvgIpc) is 2.64. The molecule has 138 valence electrons. The van der Waals surface area contributed by atoms with Crippen LogP contribution in [0.1, 0.15) is 55.5 Å². The van der Waals surface area contributed by atoms with Crippen molar-refractivity contribution >= 4 is 11.8 Å². The Morgan fingerprint density at radius 2 is 1.65 bits per heavy atom. The predicted octanol–water partition coefficient (Wildman–Crippen LogP) is 5.35. The number of esters is 1. The predicted molar refractivity (Wildman–Crippen MR) is 102 cm³/mol. The molecule has 0 fully saturated rings. The number of carbonyl (C=O) groups excluding carboxylic acids is 2. The minimum atomic E-state index is -0.405. The lowest BCUT2D eigenvalue weighted by atomic mass is 10.0. The second-order valence-electron chi connectivity index (χ2n) is 6.14. The summed E-state index contributed by atoms with van der Waals surface area (Å²) in [6.07, 6.45) is 4.26. The van der Waals surface area contributed by atoms with E-state index in [2.05, 4.69) is 6.92 Å². The van der Waals surface area contributed by atoms with Crippen molar-refractivity contribution in [1.82, 2.24) is 0 Å². The molecule has 2 aromatic carbocycles. The fourth-order valence-corrected chi connectivity index (χ4v) is 2.62. The maximum Gasteiger partial charge on any atom is 0.341 e. The molecule has 0 N–H and O–H groups in total. The summed E-state index contributed by atoms with van der Waals surface area (Å²) in [5.41, 5.74) is 1.36. The van der Waals surface area contributed by atoms with E-state index in [1.807, 2.05) is 24.3 Å². The molecule has 0 aromatic heterocycles. The molecule has 0 unspecified atom stereocenters. The minimum Gasteiger partial charge on any atom is -0.462 e. The molecule has 0 amide bonds. The highest BCUT2D eigenvalue weighted by molar-refractivity contribution is 5.92. The Balaban J connectivity index is 1.99. The Labute approximate surface area is 155 Å². The zero-order valence-corrected chi connectivity index (χ0v) is 15.5. The SMILES string of the molecule is CCCCCC(=O)Cc1ccc(Oc2ccccc2C(=O)OCC)cc1. The second kappa shape index (κ2) is 10.4. The largest absolute Gasteiger partial charge is 0.462 e. The zero-order chi connectivity index (χ0) is 18.8. The van der Waals surface area contributed by atoms with Crippen LogP contribution in [0.15, 0.2) is 48.5 Å². The Bertz CT molecular complexity index is 719. The Morgan fingerprint density at radius 3 is 2.35 bits per heavy atom. The number of ether oxygens (including phenoxy) is 2. The van der Waals surface area contributed by atoms with E-state index < -0.39 is 5.97 Å². The third-order valence-electron chi connectivity index (χ3n) is 3.99. The molecule has 0 bridgehead atoms. The number of hydrogen-bond donors (Lipinski definition) is 0. The molecular weight excluding hydrogens is 328 g/mol. The molecule has 0 radical (unpaired) electrons. The highest BCUT2D eigenvalue weighted by atomic mass is 16.5. The second-order valence-corrected chi connectivity index (χ2v) is 6.14. The Kier molecular flexibility index (Phi) is 7.87. The van der Waals surface area contributed by atoms with Crippen molar-refractivity contribution in [1.29, 1.82) is 0 Å². The number of benzene rings is 2. The van der Waals surface area contributed by atoms with Crippen LogP contribution in [-0.2, 0) is 16.0 Å².